The predicted octanol–water partition coefficient (Wildman–Crippen LogP) is 5.70. The third kappa shape index (κ3) is 3.68. The van der Waals surface area contributed by atoms with Gasteiger partial charge in [0.1, 0.15) is 5.78 Å². The van der Waals surface area contributed by atoms with Crippen molar-refractivity contribution < 1.29 is 4.79 Å². The number of carbonyl (C=O) groups excluding carboxylic acids is 1. The third-order valence-corrected chi connectivity index (χ3v) is 5.73. The molecule has 0 fully saturated rings. The number of aromatic nitrogens is 1. The zero-order chi connectivity index (χ0) is 17.0. The van der Waals surface area contributed by atoms with Crippen molar-refractivity contribution in [2.24, 2.45) is 17.3 Å². The van der Waals surface area contributed by atoms with E-state index >= 15 is 0 Å². The fourth-order valence-corrected chi connectivity index (χ4v) is 3.48. The summed E-state index contributed by atoms with van der Waals surface area (Å²) in [4.78, 5) is 12.7. The summed E-state index contributed by atoms with van der Waals surface area (Å²) in [6.07, 6.45) is 4.88. The molecule has 0 amide bonds. The number of benzene rings is 1. The van der Waals surface area contributed by atoms with E-state index < -0.39 is 0 Å². The molecule has 1 aromatic carbocycles. The molecule has 0 unspecified atom stereocenters. The first kappa shape index (κ1) is 17.8. The maximum absolute atomic E-state index is 12.7. The highest BCUT2D eigenvalue weighted by Crippen LogP contribution is 2.37. The van der Waals surface area contributed by atoms with Crippen molar-refractivity contribution in [2.45, 2.75) is 60.4 Å². The minimum absolute atomic E-state index is 0.194. The van der Waals surface area contributed by atoms with Crippen LogP contribution in [0.3, 0.4) is 0 Å². The van der Waals surface area contributed by atoms with Crippen LogP contribution in [0.25, 0.3) is 10.9 Å². The monoisotopic (exact) mass is 313 g/mol. The van der Waals surface area contributed by atoms with Crippen molar-refractivity contribution in [1.82, 2.24) is 4.57 Å². The van der Waals surface area contributed by atoms with E-state index in [0.717, 1.165) is 19.4 Å². The highest BCUT2D eigenvalue weighted by atomic mass is 16.1. The topological polar surface area (TPSA) is 22.0 Å². The van der Waals surface area contributed by atoms with Gasteiger partial charge in [0.2, 0.25) is 0 Å². The third-order valence-electron chi connectivity index (χ3n) is 5.73. The molecule has 1 heterocycles. The van der Waals surface area contributed by atoms with Crippen LogP contribution in [0.5, 0.6) is 0 Å². The Morgan fingerprint density at radius 3 is 2.35 bits per heavy atom. The summed E-state index contributed by atoms with van der Waals surface area (Å²) in [6.45, 7) is 11.8. The minimum atomic E-state index is -0.194. The first-order chi connectivity index (χ1) is 10.9. The van der Waals surface area contributed by atoms with Gasteiger partial charge in [-0.15, -0.1) is 0 Å². The minimum Gasteiger partial charge on any atom is -0.347 e. The van der Waals surface area contributed by atoms with Gasteiger partial charge in [0.15, 0.2) is 0 Å². The van der Waals surface area contributed by atoms with Gasteiger partial charge in [-0.25, -0.2) is 0 Å². The Labute approximate surface area is 140 Å². The van der Waals surface area contributed by atoms with E-state index in [1.54, 1.807) is 0 Å². The Morgan fingerprint density at radius 2 is 1.70 bits per heavy atom. The molecule has 0 aliphatic heterocycles. The zero-order valence-corrected chi connectivity index (χ0v) is 15.3. The SMILES string of the molecule is CC(C)C(C)(C(=O)CCCCn1ccc2ccccc21)C(C)C. The number of nitrogens with zero attached hydrogens (tertiary/aromatic N) is 1. The van der Waals surface area contributed by atoms with Gasteiger partial charge in [-0.2, -0.15) is 0 Å². The molecule has 2 heteroatoms. The van der Waals surface area contributed by atoms with Gasteiger partial charge >= 0.3 is 0 Å². The van der Waals surface area contributed by atoms with Gasteiger partial charge in [-0.3, -0.25) is 4.79 Å². The van der Waals surface area contributed by atoms with Crippen molar-refractivity contribution in [2.75, 3.05) is 0 Å². The number of hydrogen-bond acceptors (Lipinski definition) is 1. The molecule has 0 atom stereocenters. The highest BCUT2D eigenvalue weighted by Gasteiger charge is 2.38. The quantitative estimate of drug-likeness (QED) is 0.573. The lowest BCUT2D eigenvalue weighted by molar-refractivity contribution is -0.133. The molecule has 0 bridgehead atoms. The Hall–Kier alpha value is -1.57. The molecule has 0 saturated carbocycles. The average Bonchev–Trinajstić information content (AvgIpc) is 2.93. The number of ketones is 1. The van der Waals surface area contributed by atoms with Crippen molar-refractivity contribution in [3.63, 3.8) is 0 Å². The molecular weight excluding hydrogens is 282 g/mol. The largest absolute Gasteiger partial charge is 0.347 e. The van der Waals surface area contributed by atoms with Crippen LogP contribution in [-0.2, 0) is 11.3 Å². The Bertz CT molecular complexity index is 643. The molecule has 1 aromatic heterocycles. The van der Waals surface area contributed by atoms with E-state index in [1.807, 2.05) is 0 Å². The second-order valence-electron chi connectivity index (χ2n) is 7.54. The Morgan fingerprint density at radius 1 is 1.04 bits per heavy atom. The maximum Gasteiger partial charge on any atom is 0.139 e. The molecule has 0 spiro atoms. The van der Waals surface area contributed by atoms with Crippen LogP contribution >= 0.6 is 0 Å². The molecule has 2 nitrogen and oxygen atoms in total. The summed E-state index contributed by atoms with van der Waals surface area (Å²) in [7, 11) is 0. The van der Waals surface area contributed by atoms with Gasteiger partial charge in [0, 0.05) is 30.1 Å². The smallest absolute Gasteiger partial charge is 0.139 e. The molecule has 23 heavy (non-hydrogen) atoms. The van der Waals surface area contributed by atoms with Crippen molar-refractivity contribution in [3.05, 3.63) is 36.5 Å². The summed E-state index contributed by atoms with van der Waals surface area (Å²) in [5.74, 6) is 1.21. The molecular formula is C21H31NO. The van der Waals surface area contributed by atoms with Crippen LogP contribution in [0.15, 0.2) is 36.5 Å². The van der Waals surface area contributed by atoms with E-state index in [-0.39, 0.29) is 5.41 Å². The van der Waals surface area contributed by atoms with Gasteiger partial charge in [0.25, 0.3) is 0 Å². The Kier molecular flexibility index (Phi) is 5.67. The van der Waals surface area contributed by atoms with Crippen LogP contribution in [0.1, 0.15) is 53.9 Å². The van der Waals surface area contributed by atoms with Crippen molar-refractivity contribution in [1.29, 1.82) is 0 Å². The molecule has 0 aliphatic carbocycles. The molecule has 126 valence electrons. The fourth-order valence-electron chi connectivity index (χ4n) is 3.48. The van der Waals surface area contributed by atoms with Gasteiger partial charge < -0.3 is 4.57 Å². The number of para-hydroxylation sites is 1. The molecule has 2 aromatic rings. The van der Waals surface area contributed by atoms with Crippen molar-refractivity contribution in [3.8, 4) is 0 Å². The second kappa shape index (κ2) is 7.33. The number of aryl methyl sites for hydroxylation is 1. The van der Waals surface area contributed by atoms with Gasteiger partial charge in [0.05, 0.1) is 0 Å². The number of unbranched alkanes of at least 4 members (excludes halogenated alkanes) is 1. The zero-order valence-electron chi connectivity index (χ0n) is 15.3. The summed E-state index contributed by atoms with van der Waals surface area (Å²) >= 11 is 0. The summed E-state index contributed by atoms with van der Waals surface area (Å²) in [5.41, 5.74) is 1.09. The second-order valence-corrected chi connectivity index (χ2v) is 7.54. The van der Waals surface area contributed by atoms with Crippen LogP contribution in [-0.4, -0.2) is 10.4 Å². The van der Waals surface area contributed by atoms with Crippen LogP contribution in [0.4, 0.5) is 0 Å². The van der Waals surface area contributed by atoms with Crippen molar-refractivity contribution >= 4 is 16.7 Å². The van der Waals surface area contributed by atoms with E-state index in [1.165, 1.54) is 10.9 Å². The number of hydrogen-bond donors (Lipinski definition) is 0. The van der Waals surface area contributed by atoms with Gasteiger partial charge in [-0.05, 0) is 42.2 Å². The van der Waals surface area contributed by atoms with E-state index in [4.69, 9.17) is 0 Å². The normalized spacial score (nSPS) is 12.5. The maximum atomic E-state index is 12.7. The molecule has 0 radical (unpaired) electrons. The first-order valence-corrected chi connectivity index (χ1v) is 8.94. The lowest BCUT2D eigenvalue weighted by Crippen LogP contribution is -2.38. The number of carbonyl (C=O) groups is 1. The van der Waals surface area contributed by atoms with Crippen LogP contribution < -0.4 is 0 Å². The van der Waals surface area contributed by atoms with Gasteiger partial charge in [-0.1, -0.05) is 52.8 Å². The first-order valence-electron chi connectivity index (χ1n) is 8.94. The fraction of sp³-hybridized carbons (Fsp3) is 0.571. The molecule has 0 N–H and O–H groups in total. The standard InChI is InChI=1S/C21H31NO/c1-16(2)21(5,17(3)4)20(23)12-8-9-14-22-15-13-18-10-6-7-11-19(18)22/h6-7,10-11,13,15-17H,8-9,12,14H2,1-5H3. The lowest BCUT2D eigenvalue weighted by Gasteiger charge is -2.36. The van der Waals surface area contributed by atoms with E-state index in [2.05, 4.69) is 75.7 Å². The summed E-state index contributed by atoms with van der Waals surface area (Å²) in [5, 5.41) is 1.29. The number of Topliss-reactive ketones (excluding diaryl/α,β-unsaturated/α-hetero) is 1. The average molecular weight is 313 g/mol. The molecule has 0 aliphatic rings. The summed E-state index contributed by atoms with van der Waals surface area (Å²) in [6, 6.07) is 10.6. The highest BCUT2D eigenvalue weighted by molar-refractivity contribution is 5.85. The number of fused-ring (bicyclic) bond motifs is 1. The lowest BCUT2D eigenvalue weighted by atomic mass is 9.66. The predicted molar refractivity (Wildman–Crippen MR) is 98.6 cm³/mol. The summed E-state index contributed by atoms with van der Waals surface area (Å²) < 4.78 is 2.30. The molecule has 2 rings (SSSR count). The van der Waals surface area contributed by atoms with E-state index in [0.29, 0.717) is 24.0 Å². The van der Waals surface area contributed by atoms with E-state index in [9.17, 15) is 4.79 Å². The number of rotatable bonds is 8. The Balaban J connectivity index is 1.89. The molecule has 0 saturated heterocycles. The van der Waals surface area contributed by atoms with Crippen LogP contribution in [0.2, 0.25) is 0 Å². The van der Waals surface area contributed by atoms with Crippen LogP contribution in [0, 0.1) is 17.3 Å².